The third-order valence-electron chi connectivity index (χ3n) is 3.21. The van der Waals surface area contributed by atoms with E-state index in [2.05, 4.69) is 23.0 Å². The Balaban J connectivity index is 0.000000810. The average Bonchev–Trinajstić information content (AvgIpc) is 2.82. The van der Waals surface area contributed by atoms with Crippen molar-refractivity contribution in [1.29, 1.82) is 0 Å². The lowest BCUT2D eigenvalue weighted by molar-refractivity contribution is 0.280. The van der Waals surface area contributed by atoms with Gasteiger partial charge in [0.2, 0.25) is 5.71 Å². The van der Waals surface area contributed by atoms with Gasteiger partial charge >= 0.3 is 0 Å². The van der Waals surface area contributed by atoms with E-state index in [1.165, 1.54) is 6.42 Å². The van der Waals surface area contributed by atoms with Gasteiger partial charge < -0.3 is 4.42 Å². The molecule has 1 aliphatic heterocycles. The van der Waals surface area contributed by atoms with Gasteiger partial charge in [0.05, 0.1) is 11.1 Å². The molecule has 3 nitrogen and oxygen atoms in total. The number of pyridine rings is 1. The Morgan fingerprint density at radius 3 is 2.83 bits per heavy atom. The van der Waals surface area contributed by atoms with Crippen molar-refractivity contribution < 1.29 is 4.42 Å². The molecule has 1 aliphatic rings. The monoisotopic (exact) mass is 308 g/mol. The quantitative estimate of drug-likeness (QED) is 0.794. The van der Waals surface area contributed by atoms with Crippen molar-refractivity contribution >= 4 is 47.5 Å². The van der Waals surface area contributed by atoms with Gasteiger partial charge in [0.1, 0.15) is 5.76 Å². The van der Waals surface area contributed by atoms with Gasteiger partial charge in [-0.05, 0) is 38.6 Å². The first-order chi connectivity index (χ1) is 7.74. The minimum absolute atomic E-state index is 0. The lowest BCUT2D eigenvalue weighted by Gasteiger charge is -2.16. The molecule has 0 aromatic carbocycles. The van der Waals surface area contributed by atoms with Crippen LogP contribution in [0.5, 0.6) is 0 Å². The summed E-state index contributed by atoms with van der Waals surface area (Å²) in [4.78, 5) is 6.50. The van der Waals surface area contributed by atoms with Crippen molar-refractivity contribution in [2.45, 2.75) is 18.9 Å². The van der Waals surface area contributed by atoms with Crippen LogP contribution in [0.4, 0.5) is 0 Å². The first kappa shape index (κ1) is 15.6. The number of aromatic nitrogens is 1. The zero-order chi connectivity index (χ0) is 11.1. The smallest absolute Gasteiger partial charge is 0.226 e. The average molecular weight is 310 g/mol. The topological polar surface area (TPSA) is 29.3 Å². The number of fused-ring (bicyclic) bond motifs is 1. The summed E-state index contributed by atoms with van der Waals surface area (Å²) in [6.07, 6.45) is 4.01. The van der Waals surface area contributed by atoms with Crippen LogP contribution in [-0.4, -0.2) is 23.5 Å². The van der Waals surface area contributed by atoms with E-state index < -0.39 is 0 Å². The molecule has 0 saturated carbocycles. The maximum absolute atomic E-state index is 5.90. The molecule has 0 spiro atoms. The van der Waals surface area contributed by atoms with Crippen LogP contribution in [0.25, 0.3) is 11.1 Å². The first-order valence-electron chi connectivity index (χ1n) is 5.49. The van der Waals surface area contributed by atoms with Gasteiger partial charge in [0, 0.05) is 11.6 Å². The normalized spacial score (nSPS) is 19.6. The molecule has 0 unspecified atom stereocenters. The summed E-state index contributed by atoms with van der Waals surface area (Å²) in [7, 11) is 2.13. The van der Waals surface area contributed by atoms with Gasteiger partial charge in [-0.25, -0.2) is 4.98 Å². The van der Waals surface area contributed by atoms with Crippen LogP contribution in [-0.2, 0) is 0 Å². The molecular weight excluding hydrogens is 295 g/mol. The van der Waals surface area contributed by atoms with Crippen molar-refractivity contribution in [3.8, 4) is 0 Å². The SMILES string of the molecule is CN1CCC[C@H]1c1cc2cc(Cl)cnc2o1.Cl.Cl. The van der Waals surface area contributed by atoms with E-state index in [1.54, 1.807) is 6.20 Å². The van der Waals surface area contributed by atoms with Crippen LogP contribution in [0.1, 0.15) is 24.6 Å². The highest BCUT2D eigenvalue weighted by Gasteiger charge is 2.25. The zero-order valence-corrected chi connectivity index (χ0v) is 12.3. The third-order valence-corrected chi connectivity index (χ3v) is 3.41. The highest BCUT2D eigenvalue weighted by atomic mass is 35.5. The summed E-state index contributed by atoms with van der Waals surface area (Å²) in [6, 6.07) is 4.35. The number of hydrogen-bond donors (Lipinski definition) is 0. The molecule has 2 aromatic heterocycles. The van der Waals surface area contributed by atoms with E-state index >= 15 is 0 Å². The van der Waals surface area contributed by atoms with Crippen molar-refractivity contribution in [3.05, 3.63) is 29.1 Å². The zero-order valence-electron chi connectivity index (χ0n) is 9.93. The summed E-state index contributed by atoms with van der Waals surface area (Å²) in [6.45, 7) is 1.13. The number of rotatable bonds is 1. The molecule has 3 rings (SSSR count). The van der Waals surface area contributed by atoms with Crippen molar-refractivity contribution in [3.63, 3.8) is 0 Å². The Labute approximate surface area is 123 Å². The minimum atomic E-state index is 0. The summed E-state index contributed by atoms with van der Waals surface area (Å²) in [5.74, 6) is 1.00. The Morgan fingerprint density at radius 1 is 1.39 bits per heavy atom. The molecule has 0 amide bonds. The number of nitrogens with zero attached hydrogens (tertiary/aromatic N) is 2. The maximum Gasteiger partial charge on any atom is 0.226 e. The van der Waals surface area contributed by atoms with Gasteiger partial charge in [-0.1, -0.05) is 11.6 Å². The maximum atomic E-state index is 5.90. The van der Waals surface area contributed by atoms with Crippen LogP contribution in [0.2, 0.25) is 5.02 Å². The Morgan fingerprint density at radius 2 is 2.17 bits per heavy atom. The fourth-order valence-corrected chi connectivity index (χ4v) is 2.53. The number of halogens is 3. The van der Waals surface area contributed by atoms with Gasteiger partial charge in [-0.3, -0.25) is 4.90 Å². The fourth-order valence-electron chi connectivity index (χ4n) is 2.36. The van der Waals surface area contributed by atoms with E-state index in [-0.39, 0.29) is 24.8 Å². The van der Waals surface area contributed by atoms with E-state index in [9.17, 15) is 0 Å². The number of hydrogen-bond acceptors (Lipinski definition) is 3. The lowest BCUT2D eigenvalue weighted by atomic mass is 10.1. The van der Waals surface area contributed by atoms with E-state index in [1.807, 2.05) is 6.07 Å². The van der Waals surface area contributed by atoms with E-state index in [0.717, 1.165) is 24.1 Å². The van der Waals surface area contributed by atoms with Crippen LogP contribution in [0, 0.1) is 0 Å². The number of furan rings is 1. The van der Waals surface area contributed by atoms with Crippen LogP contribution >= 0.6 is 36.4 Å². The predicted octanol–water partition coefficient (Wildman–Crippen LogP) is 4.09. The second-order valence-corrected chi connectivity index (χ2v) is 4.77. The second kappa shape index (κ2) is 6.11. The first-order valence-corrected chi connectivity index (χ1v) is 5.87. The minimum Gasteiger partial charge on any atom is -0.441 e. The molecule has 1 fully saturated rings. The molecular formula is C12H15Cl3N2O. The highest BCUT2D eigenvalue weighted by molar-refractivity contribution is 6.31. The third kappa shape index (κ3) is 2.75. The Kier molecular flexibility index (Phi) is 5.29. The second-order valence-electron chi connectivity index (χ2n) is 4.34. The molecule has 1 atom stereocenters. The molecule has 3 heterocycles. The number of likely N-dealkylation sites (tertiary alicyclic amines) is 1. The van der Waals surface area contributed by atoms with Gasteiger partial charge in [0.15, 0.2) is 0 Å². The van der Waals surface area contributed by atoms with Crippen LogP contribution in [0.15, 0.2) is 22.7 Å². The molecule has 0 bridgehead atoms. The van der Waals surface area contributed by atoms with E-state index in [4.69, 9.17) is 16.0 Å². The standard InChI is InChI=1S/C12H13ClN2O.2ClH/c1-15-4-2-3-10(15)11-6-8-5-9(13)7-14-12(8)16-11;;/h5-7,10H,2-4H2,1H3;2*1H/t10-;;/m0../s1. The summed E-state index contributed by atoms with van der Waals surface area (Å²) >= 11 is 5.90. The van der Waals surface area contributed by atoms with Crippen LogP contribution < -0.4 is 0 Å². The molecule has 0 N–H and O–H groups in total. The fraction of sp³-hybridized carbons (Fsp3) is 0.417. The van der Waals surface area contributed by atoms with Crippen molar-refractivity contribution in [1.82, 2.24) is 9.88 Å². The van der Waals surface area contributed by atoms with Crippen LogP contribution in [0.3, 0.4) is 0 Å². The molecule has 1 saturated heterocycles. The van der Waals surface area contributed by atoms with Gasteiger partial charge in [-0.2, -0.15) is 0 Å². The predicted molar refractivity (Wildman–Crippen MR) is 78.1 cm³/mol. The summed E-state index contributed by atoms with van der Waals surface area (Å²) in [5, 5.41) is 1.64. The molecule has 100 valence electrons. The molecule has 0 aliphatic carbocycles. The summed E-state index contributed by atoms with van der Waals surface area (Å²) in [5.41, 5.74) is 0.680. The molecule has 18 heavy (non-hydrogen) atoms. The van der Waals surface area contributed by atoms with Crippen molar-refractivity contribution in [2.75, 3.05) is 13.6 Å². The molecule has 6 heteroatoms. The Hall–Kier alpha value is -0.480. The molecule has 2 aromatic rings. The molecule has 0 radical (unpaired) electrons. The lowest BCUT2D eigenvalue weighted by Crippen LogP contribution is -2.16. The van der Waals surface area contributed by atoms with Gasteiger partial charge in [-0.15, -0.1) is 24.8 Å². The Bertz CT molecular complexity index is 529. The largest absolute Gasteiger partial charge is 0.441 e. The summed E-state index contributed by atoms with van der Waals surface area (Å²) < 4.78 is 5.77. The van der Waals surface area contributed by atoms with E-state index in [0.29, 0.717) is 16.8 Å². The van der Waals surface area contributed by atoms with Crippen molar-refractivity contribution in [2.24, 2.45) is 0 Å². The van der Waals surface area contributed by atoms with Gasteiger partial charge in [0.25, 0.3) is 0 Å². The highest BCUT2D eigenvalue weighted by Crippen LogP contribution is 2.33.